The number of ether oxygens (including phenoxy) is 2. The fourth-order valence-corrected chi connectivity index (χ4v) is 1.80. The third kappa shape index (κ3) is 2.87. The molecule has 1 aliphatic rings. The number of carbonyl (C=O) groups is 1. The molecule has 1 aliphatic heterocycles. The van der Waals surface area contributed by atoms with E-state index in [1.165, 1.54) is 12.2 Å². The van der Waals surface area contributed by atoms with E-state index in [0.717, 1.165) is 5.56 Å². The van der Waals surface area contributed by atoms with Crippen LogP contribution < -0.4 is 0 Å². The van der Waals surface area contributed by atoms with Gasteiger partial charge in [0.25, 0.3) is 5.91 Å². The molecule has 0 bridgehead atoms. The van der Waals surface area contributed by atoms with Gasteiger partial charge in [0, 0.05) is 19.0 Å². The Morgan fingerprint density at radius 3 is 2.78 bits per heavy atom. The van der Waals surface area contributed by atoms with Crippen molar-refractivity contribution in [1.82, 2.24) is 5.06 Å². The number of amides is 1. The van der Waals surface area contributed by atoms with Crippen molar-refractivity contribution in [2.24, 2.45) is 0 Å². The molecule has 18 heavy (non-hydrogen) atoms. The lowest BCUT2D eigenvalue weighted by Gasteiger charge is -2.31. The van der Waals surface area contributed by atoms with Crippen LogP contribution in [0.4, 0.5) is 0 Å². The van der Waals surface area contributed by atoms with Crippen LogP contribution in [-0.4, -0.2) is 37.8 Å². The molecule has 0 saturated carbocycles. The number of hydrogen-bond donors (Lipinski definition) is 0. The van der Waals surface area contributed by atoms with Gasteiger partial charge in [-0.05, 0) is 0 Å². The smallest absolute Gasteiger partial charge is 0.275 e. The van der Waals surface area contributed by atoms with E-state index in [-0.39, 0.29) is 5.91 Å². The Labute approximate surface area is 106 Å². The zero-order valence-corrected chi connectivity index (χ0v) is 10.5. The van der Waals surface area contributed by atoms with Gasteiger partial charge in [0.2, 0.25) is 0 Å². The van der Waals surface area contributed by atoms with Crippen molar-refractivity contribution in [1.29, 1.82) is 0 Å². The number of likely N-dealkylation sites (N-methyl/N-ethyl adjacent to an activating group) is 1. The molecule has 1 aromatic rings. The first-order chi connectivity index (χ1) is 8.72. The first-order valence-corrected chi connectivity index (χ1v) is 5.86. The lowest BCUT2D eigenvalue weighted by Crippen LogP contribution is -2.41. The summed E-state index contributed by atoms with van der Waals surface area (Å²) in [6, 6.07) is 9.58. The number of hydroxylamine groups is 2. The second-order valence-electron chi connectivity index (χ2n) is 4.05. The standard InChI is InChI=1S/C13H17NO4/c1-14(16-2)12(15)11-8-9-17-13(18-11)10-6-4-3-5-7-10/h3-7,11,13H,8-9H2,1-2H3/t11-,13-/m0/s1. The second kappa shape index (κ2) is 5.95. The fourth-order valence-electron chi connectivity index (χ4n) is 1.80. The normalized spacial score (nSPS) is 23.7. The van der Waals surface area contributed by atoms with Gasteiger partial charge in [-0.1, -0.05) is 30.3 Å². The van der Waals surface area contributed by atoms with Crippen molar-refractivity contribution >= 4 is 5.91 Å². The van der Waals surface area contributed by atoms with Crippen molar-refractivity contribution in [3.05, 3.63) is 35.9 Å². The highest BCUT2D eigenvalue weighted by molar-refractivity contribution is 5.79. The first-order valence-electron chi connectivity index (χ1n) is 5.86. The van der Waals surface area contributed by atoms with Crippen molar-refractivity contribution in [3.63, 3.8) is 0 Å². The van der Waals surface area contributed by atoms with E-state index in [1.807, 2.05) is 30.3 Å². The fraction of sp³-hybridized carbons (Fsp3) is 0.462. The largest absolute Gasteiger partial charge is 0.348 e. The summed E-state index contributed by atoms with van der Waals surface area (Å²) in [7, 11) is 3.02. The third-order valence-corrected chi connectivity index (χ3v) is 2.87. The Morgan fingerprint density at radius 1 is 1.39 bits per heavy atom. The number of hydrogen-bond acceptors (Lipinski definition) is 4. The lowest BCUT2D eigenvalue weighted by molar-refractivity contribution is -0.233. The number of benzene rings is 1. The van der Waals surface area contributed by atoms with Gasteiger partial charge in [0.15, 0.2) is 6.29 Å². The highest BCUT2D eigenvalue weighted by Crippen LogP contribution is 2.26. The topological polar surface area (TPSA) is 48.0 Å². The summed E-state index contributed by atoms with van der Waals surface area (Å²) in [5.41, 5.74) is 0.912. The monoisotopic (exact) mass is 251 g/mol. The second-order valence-corrected chi connectivity index (χ2v) is 4.05. The van der Waals surface area contributed by atoms with Crippen molar-refractivity contribution < 1.29 is 19.1 Å². The summed E-state index contributed by atoms with van der Waals surface area (Å²) in [6.45, 7) is 0.494. The lowest BCUT2D eigenvalue weighted by atomic mass is 10.1. The van der Waals surface area contributed by atoms with Crippen LogP contribution in [0.25, 0.3) is 0 Å². The molecule has 1 heterocycles. The molecule has 0 spiro atoms. The molecule has 98 valence electrons. The van der Waals surface area contributed by atoms with E-state index >= 15 is 0 Å². The molecule has 1 saturated heterocycles. The molecule has 0 aromatic heterocycles. The molecular weight excluding hydrogens is 234 g/mol. The van der Waals surface area contributed by atoms with Crippen molar-refractivity contribution in [3.8, 4) is 0 Å². The molecular formula is C13H17NO4. The highest BCUT2D eigenvalue weighted by Gasteiger charge is 2.31. The molecule has 5 heteroatoms. The first kappa shape index (κ1) is 13.0. The minimum absolute atomic E-state index is 0.193. The van der Waals surface area contributed by atoms with Gasteiger partial charge in [-0.15, -0.1) is 0 Å². The predicted octanol–water partition coefficient (Wildman–Crippen LogP) is 1.51. The van der Waals surface area contributed by atoms with Crippen LogP contribution in [0.5, 0.6) is 0 Å². The van der Waals surface area contributed by atoms with Gasteiger partial charge in [0.05, 0.1) is 13.7 Å². The molecule has 0 unspecified atom stereocenters. The van der Waals surface area contributed by atoms with Gasteiger partial charge in [0.1, 0.15) is 6.10 Å². The maximum Gasteiger partial charge on any atom is 0.275 e. The molecule has 2 rings (SSSR count). The van der Waals surface area contributed by atoms with Crippen LogP contribution in [0, 0.1) is 0 Å². The molecule has 1 amide bonds. The van der Waals surface area contributed by atoms with E-state index in [4.69, 9.17) is 14.3 Å². The van der Waals surface area contributed by atoms with E-state index < -0.39 is 12.4 Å². The molecule has 1 fully saturated rings. The van der Waals surface area contributed by atoms with Crippen LogP contribution in [0.1, 0.15) is 18.3 Å². The van der Waals surface area contributed by atoms with Gasteiger partial charge < -0.3 is 9.47 Å². The minimum Gasteiger partial charge on any atom is -0.348 e. The SMILES string of the molecule is CON(C)C(=O)[C@@H]1CCO[C@H](c2ccccc2)O1. The van der Waals surface area contributed by atoms with Crippen molar-refractivity contribution in [2.45, 2.75) is 18.8 Å². The van der Waals surface area contributed by atoms with E-state index in [2.05, 4.69) is 0 Å². The van der Waals surface area contributed by atoms with Crippen LogP contribution in [0.2, 0.25) is 0 Å². The summed E-state index contributed by atoms with van der Waals surface area (Å²) in [4.78, 5) is 16.8. The van der Waals surface area contributed by atoms with E-state index in [1.54, 1.807) is 7.05 Å². The molecule has 0 N–H and O–H groups in total. The average molecular weight is 251 g/mol. The zero-order chi connectivity index (χ0) is 13.0. The highest BCUT2D eigenvalue weighted by atomic mass is 16.7. The van der Waals surface area contributed by atoms with Gasteiger partial charge in [-0.3, -0.25) is 9.63 Å². The van der Waals surface area contributed by atoms with Gasteiger partial charge in [-0.25, -0.2) is 5.06 Å². The quantitative estimate of drug-likeness (QED) is 0.764. The predicted molar refractivity (Wildman–Crippen MR) is 64.4 cm³/mol. The Morgan fingerprint density at radius 2 is 2.11 bits per heavy atom. The van der Waals surface area contributed by atoms with Gasteiger partial charge in [-0.2, -0.15) is 0 Å². The maximum atomic E-state index is 11.9. The summed E-state index contributed by atoms with van der Waals surface area (Å²) in [5, 5.41) is 1.18. The van der Waals surface area contributed by atoms with Crippen molar-refractivity contribution in [2.75, 3.05) is 20.8 Å². The Hall–Kier alpha value is -1.43. The Balaban J connectivity index is 2.03. The molecule has 0 aliphatic carbocycles. The molecule has 0 radical (unpaired) electrons. The van der Waals surface area contributed by atoms with E-state index in [9.17, 15) is 4.79 Å². The molecule has 5 nitrogen and oxygen atoms in total. The molecule has 1 aromatic carbocycles. The zero-order valence-electron chi connectivity index (χ0n) is 10.5. The summed E-state index contributed by atoms with van der Waals surface area (Å²) < 4.78 is 11.2. The number of carbonyl (C=O) groups excluding carboxylic acids is 1. The Kier molecular flexibility index (Phi) is 4.30. The molecule has 2 atom stereocenters. The summed E-state index contributed by atoms with van der Waals surface area (Å²) in [6.07, 6.45) is -0.469. The number of nitrogens with zero attached hydrogens (tertiary/aromatic N) is 1. The summed E-state index contributed by atoms with van der Waals surface area (Å²) >= 11 is 0. The minimum atomic E-state index is -0.520. The summed E-state index contributed by atoms with van der Waals surface area (Å²) in [5.74, 6) is -0.193. The van der Waals surface area contributed by atoms with Crippen LogP contribution in [0.15, 0.2) is 30.3 Å². The average Bonchev–Trinajstić information content (AvgIpc) is 2.46. The third-order valence-electron chi connectivity index (χ3n) is 2.87. The maximum absolute atomic E-state index is 11.9. The number of rotatable bonds is 3. The van der Waals surface area contributed by atoms with E-state index in [0.29, 0.717) is 13.0 Å². The van der Waals surface area contributed by atoms with Crippen LogP contribution in [-0.2, 0) is 19.1 Å². The van der Waals surface area contributed by atoms with Crippen LogP contribution in [0.3, 0.4) is 0 Å². The van der Waals surface area contributed by atoms with Gasteiger partial charge >= 0.3 is 0 Å². The Bertz CT molecular complexity index is 395. The van der Waals surface area contributed by atoms with Crippen LogP contribution >= 0.6 is 0 Å².